The third kappa shape index (κ3) is 1.80. The Balaban J connectivity index is 2.83. The van der Waals surface area contributed by atoms with Gasteiger partial charge in [-0.3, -0.25) is 4.79 Å². The van der Waals surface area contributed by atoms with Gasteiger partial charge in [-0.25, -0.2) is 4.98 Å². The van der Waals surface area contributed by atoms with Crippen molar-refractivity contribution in [3.63, 3.8) is 0 Å². The number of carbonyl (C=O) groups excluding carboxylic acids is 1. The molecule has 4 nitrogen and oxygen atoms in total. The number of carbonyl (C=O) groups is 1. The van der Waals surface area contributed by atoms with Gasteiger partial charge in [-0.15, -0.1) is 0 Å². The van der Waals surface area contributed by atoms with Crippen LogP contribution in [0.4, 0.5) is 0 Å². The average molecular weight is 227 g/mol. The van der Waals surface area contributed by atoms with Crippen molar-refractivity contribution < 1.29 is 4.79 Å². The monoisotopic (exact) mass is 227 g/mol. The lowest BCUT2D eigenvalue weighted by Gasteiger charge is -2.21. The van der Waals surface area contributed by atoms with Crippen LogP contribution in [0.5, 0.6) is 0 Å². The molecule has 2 rings (SSSR count). The molecule has 0 fully saturated rings. The molecule has 0 aliphatic heterocycles. The van der Waals surface area contributed by atoms with Crippen molar-refractivity contribution in [2.24, 2.45) is 0 Å². The normalized spacial score (nSPS) is 11.4. The second kappa shape index (κ2) is 3.70. The van der Waals surface area contributed by atoms with E-state index in [0.29, 0.717) is 11.1 Å². The molecule has 2 heterocycles. The van der Waals surface area contributed by atoms with Crippen LogP contribution >= 0.6 is 0 Å². The van der Waals surface area contributed by atoms with Crippen LogP contribution in [0.1, 0.15) is 36.7 Å². The number of nitrogens with zero attached hydrogens (tertiary/aromatic N) is 3. The Bertz CT molecular complexity index is 626. The van der Waals surface area contributed by atoms with Gasteiger partial charge < -0.3 is 4.57 Å². The predicted molar refractivity (Wildman–Crippen MR) is 64.8 cm³/mol. The van der Waals surface area contributed by atoms with E-state index < -0.39 is 0 Å². The van der Waals surface area contributed by atoms with Gasteiger partial charge in [0.25, 0.3) is 0 Å². The van der Waals surface area contributed by atoms with Gasteiger partial charge in [-0.05, 0) is 26.8 Å². The zero-order valence-electron chi connectivity index (χ0n) is 10.1. The van der Waals surface area contributed by atoms with E-state index in [0.717, 1.165) is 17.3 Å². The summed E-state index contributed by atoms with van der Waals surface area (Å²) in [6.45, 7) is 6.13. The summed E-state index contributed by atoms with van der Waals surface area (Å²) >= 11 is 0. The lowest BCUT2D eigenvalue weighted by Crippen LogP contribution is -2.20. The molecule has 17 heavy (non-hydrogen) atoms. The van der Waals surface area contributed by atoms with Gasteiger partial charge >= 0.3 is 0 Å². The Kier molecular flexibility index (Phi) is 2.47. The van der Waals surface area contributed by atoms with Gasteiger partial charge in [0, 0.05) is 28.9 Å². The van der Waals surface area contributed by atoms with Crippen molar-refractivity contribution >= 4 is 17.3 Å². The number of hydrogen-bond donors (Lipinski definition) is 0. The summed E-state index contributed by atoms with van der Waals surface area (Å²) in [4.78, 5) is 15.0. The predicted octanol–water partition coefficient (Wildman–Crippen LogP) is 2.48. The van der Waals surface area contributed by atoms with Gasteiger partial charge in [0.15, 0.2) is 6.29 Å². The zero-order valence-corrected chi connectivity index (χ0v) is 10.1. The van der Waals surface area contributed by atoms with Gasteiger partial charge in [0.2, 0.25) is 0 Å². The summed E-state index contributed by atoms with van der Waals surface area (Å²) in [5.41, 5.74) is 1.62. The van der Waals surface area contributed by atoms with E-state index in [9.17, 15) is 4.79 Å². The summed E-state index contributed by atoms with van der Waals surface area (Å²) in [7, 11) is 0. The third-order valence-corrected chi connectivity index (χ3v) is 2.64. The summed E-state index contributed by atoms with van der Waals surface area (Å²) in [6.07, 6.45) is 4.05. The van der Waals surface area contributed by atoms with E-state index in [2.05, 4.69) is 11.1 Å². The van der Waals surface area contributed by atoms with Crippen LogP contribution in [0, 0.1) is 11.3 Å². The van der Waals surface area contributed by atoms with Crippen molar-refractivity contribution in [3.05, 3.63) is 29.6 Å². The molecule has 0 unspecified atom stereocenters. The number of fused-ring (bicyclic) bond motifs is 1. The Labute approximate surface area is 99.5 Å². The topological polar surface area (TPSA) is 58.7 Å². The van der Waals surface area contributed by atoms with E-state index >= 15 is 0 Å². The average Bonchev–Trinajstić information content (AvgIpc) is 2.66. The molecule has 0 N–H and O–H groups in total. The fraction of sp³-hybridized carbons (Fsp3) is 0.308. The second-order valence-corrected chi connectivity index (χ2v) is 4.95. The fourth-order valence-electron chi connectivity index (χ4n) is 1.79. The quantitative estimate of drug-likeness (QED) is 0.703. The highest BCUT2D eigenvalue weighted by Gasteiger charge is 2.19. The second-order valence-electron chi connectivity index (χ2n) is 4.95. The molecule has 0 bridgehead atoms. The molecule has 0 saturated carbocycles. The highest BCUT2D eigenvalue weighted by molar-refractivity contribution is 5.88. The Morgan fingerprint density at radius 3 is 2.71 bits per heavy atom. The minimum atomic E-state index is -0.150. The third-order valence-electron chi connectivity index (χ3n) is 2.64. The molecule has 0 spiro atoms. The SMILES string of the molecule is CC(C)(C)n1cc(C#N)c2cc(C=O)cnc21. The molecule has 86 valence electrons. The number of nitriles is 1. The first-order valence-electron chi connectivity index (χ1n) is 5.34. The van der Waals surface area contributed by atoms with Crippen LogP contribution < -0.4 is 0 Å². The van der Waals surface area contributed by atoms with E-state index in [1.54, 1.807) is 12.3 Å². The Hall–Kier alpha value is -2.15. The zero-order chi connectivity index (χ0) is 12.6. The van der Waals surface area contributed by atoms with E-state index in [-0.39, 0.29) is 5.54 Å². The molecule has 0 aliphatic rings. The van der Waals surface area contributed by atoms with Crippen molar-refractivity contribution in [3.8, 4) is 6.07 Å². The highest BCUT2D eigenvalue weighted by Crippen LogP contribution is 2.26. The summed E-state index contributed by atoms with van der Waals surface area (Å²) < 4.78 is 1.95. The number of aromatic nitrogens is 2. The highest BCUT2D eigenvalue weighted by atomic mass is 16.1. The molecule has 2 aromatic heterocycles. The summed E-state index contributed by atoms with van der Waals surface area (Å²) in [5, 5.41) is 9.83. The van der Waals surface area contributed by atoms with E-state index in [1.807, 2.05) is 25.3 Å². The van der Waals surface area contributed by atoms with Crippen LogP contribution in [0.3, 0.4) is 0 Å². The van der Waals surface area contributed by atoms with Crippen molar-refractivity contribution in [1.29, 1.82) is 5.26 Å². The molecule has 2 aromatic rings. The molecule has 0 atom stereocenters. The maximum absolute atomic E-state index is 10.7. The molecule has 0 aliphatic carbocycles. The number of hydrogen-bond acceptors (Lipinski definition) is 3. The maximum Gasteiger partial charge on any atom is 0.151 e. The smallest absolute Gasteiger partial charge is 0.151 e. The Morgan fingerprint density at radius 2 is 2.18 bits per heavy atom. The lowest BCUT2D eigenvalue weighted by atomic mass is 10.1. The first-order valence-corrected chi connectivity index (χ1v) is 5.34. The maximum atomic E-state index is 10.7. The van der Waals surface area contributed by atoms with Crippen LogP contribution in [-0.2, 0) is 5.54 Å². The van der Waals surface area contributed by atoms with Gasteiger partial charge in [0.05, 0.1) is 5.56 Å². The van der Waals surface area contributed by atoms with Crippen LogP contribution in [-0.4, -0.2) is 15.8 Å². The molecule has 0 aromatic carbocycles. The fourth-order valence-corrected chi connectivity index (χ4v) is 1.79. The van der Waals surface area contributed by atoms with Crippen molar-refractivity contribution in [2.45, 2.75) is 26.3 Å². The van der Waals surface area contributed by atoms with Crippen molar-refractivity contribution in [1.82, 2.24) is 9.55 Å². The van der Waals surface area contributed by atoms with E-state index in [1.165, 1.54) is 6.20 Å². The van der Waals surface area contributed by atoms with Crippen LogP contribution in [0.25, 0.3) is 11.0 Å². The number of aldehydes is 1. The van der Waals surface area contributed by atoms with Gasteiger partial charge in [-0.2, -0.15) is 5.26 Å². The van der Waals surface area contributed by atoms with E-state index in [4.69, 9.17) is 5.26 Å². The number of pyridine rings is 1. The molecule has 0 amide bonds. The first-order chi connectivity index (χ1) is 7.97. The number of rotatable bonds is 1. The van der Waals surface area contributed by atoms with Crippen molar-refractivity contribution in [2.75, 3.05) is 0 Å². The van der Waals surface area contributed by atoms with Crippen LogP contribution in [0.2, 0.25) is 0 Å². The lowest BCUT2D eigenvalue weighted by molar-refractivity contribution is 0.112. The molecule has 4 heteroatoms. The standard InChI is InChI=1S/C13H13N3O/c1-13(2,3)16-7-10(5-14)11-4-9(8-17)6-15-12(11)16/h4,6-8H,1-3H3. The largest absolute Gasteiger partial charge is 0.326 e. The minimum Gasteiger partial charge on any atom is -0.326 e. The minimum absolute atomic E-state index is 0.150. The van der Waals surface area contributed by atoms with Crippen LogP contribution in [0.15, 0.2) is 18.5 Å². The van der Waals surface area contributed by atoms with Gasteiger partial charge in [0.1, 0.15) is 11.7 Å². The Morgan fingerprint density at radius 1 is 1.47 bits per heavy atom. The molecule has 0 saturated heterocycles. The molecular weight excluding hydrogens is 214 g/mol. The summed E-state index contributed by atoms with van der Waals surface area (Å²) in [5.74, 6) is 0. The van der Waals surface area contributed by atoms with Gasteiger partial charge in [-0.1, -0.05) is 0 Å². The summed E-state index contributed by atoms with van der Waals surface area (Å²) in [6, 6.07) is 3.84. The molecular formula is C13H13N3O. The molecule has 0 radical (unpaired) electrons. The first kappa shape index (κ1) is 11.3.